The lowest BCUT2D eigenvalue weighted by Gasteiger charge is -2.23. The number of halogens is 1. The first-order valence-corrected chi connectivity index (χ1v) is 8.52. The van der Waals surface area contributed by atoms with Gasteiger partial charge in [0.05, 0.1) is 18.8 Å². The van der Waals surface area contributed by atoms with E-state index in [0.717, 1.165) is 12.8 Å². The minimum absolute atomic E-state index is 0.0113. The summed E-state index contributed by atoms with van der Waals surface area (Å²) < 4.78 is 11.1. The van der Waals surface area contributed by atoms with Crippen molar-refractivity contribution in [1.82, 2.24) is 4.98 Å². The van der Waals surface area contributed by atoms with Crippen molar-refractivity contribution < 1.29 is 19.1 Å². The molecule has 7 nitrogen and oxygen atoms in total. The fourth-order valence-electron chi connectivity index (χ4n) is 2.51. The van der Waals surface area contributed by atoms with Crippen LogP contribution >= 0.6 is 11.6 Å². The van der Waals surface area contributed by atoms with E-state index < -0.39 is 5.91 Å². The first kappa shape index (κ1) is 18.2. The van der Waals surface area contributed by atoms with E-state index >= 15 is 0 Å². The van der Waals surface area contributed by atoms with Gasteiger partial charge >= 0.3 is 0 Å². The van der Waals surface area contributed by atoms with Crippen molar-refractivity contribution in [1.29, 1.82) is 0 Å². The van der Waals surface area contributed by atoms with Crippen molar-refractivity contribution in [2.45, 2.75) is 18.9 Å². The maximum atomic E-state index is 12.3. The van der Waals surface area contributed by atoms with Crippen LogP contribution in [0.3, 0.4) is 0 Å². The van der Waals surface area contributed by atoms with Crippen LogP contribution in [0.25, 0.3) is 0 Å². The molecular formula is C18H18ClN3O4. The number of anilines is 1. The largest absolute Gasteiger partial charge is 0.473 e. The van der Waals surface area contributed by atoms with Crippen LogP contribution < -0.4 is 15.8 Å². The molecule has 0 bridgehead atoms. The van der Waals surface area contributed by atoms with Gasteiger partial charge < -0.3 is 20.5 Å². The van der Waals surface area contributed by atoms with Crippen LogP contribution in [0.15, 0.2) is 36.5 Å². The number of hydrogen-bond acceptors (Lipinski definition) is 5. The molecule has 8 heteroatoms. The Morgan fingerprint density at radius 3 is 2.50 bits per heavy atom. The van der Waals surface area contributed by atoms with Crippen LogP contribution in [0, 0.1) is 0 Å². The Morgan fingerprint density at radius 1 is 1.19 bits per heavy atom. The second kappa shape index (κ2) is 8.16. The molecule has 0 unspecified atom stereocenters. The van der Waals surface area contributed by atoms with Gasteiger partial charge in [0.15, 0.2) is 0 Å². The third-order valence-corrected chi connectivity index (χ3v) is 4.21. The number of pyridine rings is 1. The maximum absolute atomic E-state index is 12.3. The molecule has 2 amide bonds. The van der Waals surface area contributed by atoms with Gasteiger partial charge in [-0.25, -0.2) is 4.98 Å². The Labute approximate surface area is 155 Å². The first-order valence-electron chi connectivity index (χ1n) is 8.14. The summed E-state index contributed by atoms with van der Waals surface area (Å²) in [7, 11) is 0. The van der Waals surface area contributed by atoms with Crippen molar-refractivity contribution in [3.05, 3.63) is 52.7 Å². The highest BCUT2D eigenvalue weighted by Crippen LogP contribution is 2.26. The van der Waals surface area contributed by atoms with Crippen LogP contribution in [0.5, 0.6) is 5.88 Å². The van der Waals surface area contributed by atoms with Gasteiger partial charge in [-0.2, -0.15) is 0 Å². The summed E-state index contributed by atoms with van der Waals surface area (Å²) in [6.45, 7) is 1.30. The molecule has 1 aromatic heterocycles. The van der Waals surface area contributed by atoms with Gasteiger partial charge in [0.2, 0.25) is 11.8 Å². The van der Waals surface area contributed by atoms with Crippen molar-refractivity contribution in [2.24, 2.45) is 5.73 Å². The minimum atomic E-state index is -0.529. The molecule has 1 aliphatic heterocycles. The van der Waals surface area contributed by atoms with Gasteiger partial charge in [-0.05, 0) is 30.3 Å². The summed E-state index contributed by atoms with van der Waals surface area (Å²) in [5.74, 6) is -0.594. The molecule has 1 aromatic carbocycles. The average molecular weight is 376 g/mol. The number of carbonyl (C=O) groups excluding carboxylic acids is 2. The van der Waals surface area contributed by atoms with Crippen molar-refractivity contribution in [3.8, 4) is 5.88 Å². The zero-order chi connectivity index (χ0) is 18.5. The Balaban J connectivity index is 1.65. The predicted octanol–water partition coefficient (Wildman–Crippen LogP) is 2.64. The van der Waals surface area contributed by atoms with E-state index in [2.05, 4.69) is 10.3 Å². The average Bonchev–Trinajstić information content (AvgIpc) is 2.64. The second-order valence-corrected chi connectivity index (χ2v) is 6.24. The van der Waals surface area contributed by atoms with E-state index in [9.17, 15) is 9.59 Å². The third-order valence-electron chi connectivity index (χ3n) is 3.94. The van der Waals surface area contributed by atoms with Gasteiger partial charge in [0.1, 0.15) is 11.1 Å². The third kappa shape index (κ3) is 4.50. The summed E-state index contributed by atoms with van der Waals surface area (Å²) in [5.41, 5.74) is 6.38. The maximum Gasteiger partial charge on any atom is 0.257 e. The minimum Gasteiger partial charge on any atom is -0.473 e. The number of ether oxygens (including phenoxy) is 2. The lowest BCUT2D eigenvalue weighted by atomic mass is 10.1. The summed E-state index contributed by atoms with van der Waals surface area (Å²) in [5, 5.41) is 2.98. The number of nitrogens with two attached hydrogens (primary N) is 1. The smallest absolute Gasteiger partial charge is 0.257 e. The van der Waals surface area contributed by atoms with Crippen molar-refractivity contribution in [3.63, 3.8) is 0 Å². The van der Waals surface area contributed by atoms with Gasteiger partial charge in [-0.15, -0.1) is 0 Å². The normalized spacial score (nSPS) is 14.7. The first-order chi connectivity index (χ1) is 12.5. The molecule has 1 saturated heterocycles. The summed E-state index contributed by atoms with van der Waals surface area (Å²) in [6.07, 6.45) is 2.98. The lowest BCUT2D eigenvalue weighted by Crippen LogP contribution is -2.26. The number of rotatable bonds is 5. The Bertz CT molecular complexity index is 805. The number of nitrogens with zero attached hydrogens (tertiary/aromatic N) is 1. The summed E-state index contributed by atoms with van der Waals surface area (Å²) in [6, 6.07) is 7.77. The molecule has 136 valence electrons. The van der Waals surface area contributed by atoms with Crippen molar-refractivity contribution in [2.75, 3.05) is 18.5 Å². The zero-order valence-electron chi connectivity index (χ0n) is 13.9. The van der Waals surface area contributed by atoms with E-state index in [-0.39, 0.29) is 17.0 Å². The van der Waals surface area contributed by atoms with E-state index in [4.69, 9.17) is 26.8 Å². The molecule has 0 spiro atoms. The number of hydrogen-bond donors (Lipinski definition) is 2. The summed E-state index contributed by atoms with van der Waals surface area (Å²) >= 11 is 6.20. The number of aromatic nitrogens is 1. The van der Waals surface area contributed by atoms with Crippen LogP contribution in [-0.4, -0.2) is 36.1 Å². The number of benzene rings is 1. The quantitative estimate of drug-likeness (QED) is 0.836. The number of primary amides is 1. The highest BCUT2D eigenvalue weighted by Gasteiger charge is 2.18. The zero-order valence-corrected chi connectivity index (χ0v) is 14.7. The Kier molecular flexibility index (Phi) is 5.70. The number of carbonyl (C=O) groups is 2. The van der Waals surface area contributed by atoms with E-state index in [1.807, 2.05) is 0 Å². The molecule has 26 heavy (non-hydrogen) atoms. The van der Waals surface area contributed by atoms with Crippen LogP contribution in [0.1, 0.15) is 33.6 Å². The SMILES string of the molecule is NC(=O)c1ccc(NC(=O)c2cnc(OC3CCOCC3)c(Cl)c2)cc1. The highest BCUT2D eigenvalue weighted by molar-refractivity contribution is 6.32. The van der Waals surface area contributed by atoms with Gasteiger partial charge in [-0.1, -0.05) is 11.6 Å². The van der Waals surface area contributed by atoms with Gasteiger partial charge in [-0.3, -0.25) is 9.59 Å². The van der Waals surface area contributed by atoms with E-state index in [1.54, 1.807) is 12.1 Å². The topological polar surface area (TPSA) is 104 Å². The predicted molar refractivity (Wildman–Crippen MR) is 96.6 cm³/mol. The fraction of sp³-hybridized carbons (Fsp3) is 0.278. The molecule has 1 aliphatic rings. The molecule has 0 aliphatic carbocycles. The molecule has 3 rings (SSSR count). The number of nitrogens with one attached hydrogen (secondary N) is 1. The Hall–Kier alpha value is -2.64. The molecule has 0 radical (unpaired) electrons. The fourth-order valence-corrected chi connectivity index (χ4v) is 2.72. The second-order valence-electron chi connectivity index (χ2n) is 5.84. The highest BCUT2D eigenvalue weighted by atomic mass is 35.5. The summed E-state index contributed by atoms with van der Waals surface area (Å²) in [4.78, 5) is 27.5. The van der Waals surface area contributed by atoms with E-state index in [0.29, 0.717) is 35.9 Å². The Morgan fingerprint density at radius 2 is 1.88 bits per heavy atom. The van der Waals surface area contributed by atoms with Crippen molar-refractivity contribution >= 4 is 29.1 Å². The van der Waals surface area contributed by atoms with Crippen LogP contribution in [-0.2, 0) is 4.74 Å². The van der Waals surface area contributed by atoms with Gasteiger partial charge in [0, 0.05) is 30.3 Å². The molecule has 1 fully saturated rings. The monoisotopic (exact) mass is 375 g/mol. The lowest BCUT2D eigenvalue weighted by molar-refractivity contribution is 0.0238. The molecular weight excluding hydrogens is 358 g/mol. The van der Waals surface area contributed by atoms with E-state index in [1.165, 1.54) is 24.4 Å². The molecule has 3 N–H and O–H groups in total. The molecule has 0 atom stereocenters. The van der Waals surface area contributed by atoms with Crippen LogP contribution in [0.2, 0.25) is 5.02 Å². The number of amides is 2. The van der Waals surface area contributed by atoms with Crippen LogP contribution in [0.4, 0.5) is 5.69 Å². The van der Waals surface area contributed by atoms with Gasteiger partial charge in [0.25, 0.3) is 5.91 Å². The standard InChI is InChI=1S/C18H18ClN3O4/c19-15-9-12(10-21-18(15)26-14-5-7-25-8-6-14)17(24)22-13-3-1-11(2-4-13)16(20)23/h1-4,9-10,14H,5-8H2,(H2,20,23)(H,22,24). The molecule has 2 heterocycles. The molecule has 2 aromatic rings. The molecule has 0 saturated carbocycles.